The van der Waals surface area contributed by atoms with Crippen molar-refractivity contribution in [2.75, 3.05) is 6.54 Å². The van der Waals surface area contributed by atoms with Crippen LogP contribution in [0.15, 0.2) is 0 Å². The van der Waals surface area contributed by atoms with Crippen molar-refractivity contribution in [2.24, 2.45) is 5.73 Å². The molecular formula is C11H23NO2. The van der Waals surface area contributed by atoms with E-state index in [1.54, 1.807) is 0 Å². The molecule has 0 spiro atoms. The Balaban J connectivity index is 2.66. The van der Waals surface area contributed by atoms with Gasteiger partial charge in [-0.05, 0) is 27.7 Å². The Bertz CT molecular complexity index is 167. The number of rotatable bonds is 3. The van der Waals surface area contributed by atoms with E-state index < -0.39 is 0 Å². The maximum absolute atomic E-state index is 5.96. The predicted octanol–water partition coefficient (Wildman–Crippen LogP) is 1.70. The first-order valence-electron chi connectivity index (χ1n) is 5.51. The van der Waals surface area contributed by atoms with Crippen molar-refractivity contribution in [1.82, 2.24) is 0 Å². The minimum absolute atomic E-state index is 0.161. The van der Waals surface area contributed by atoms with Gasteiger partial charge < -0.3 is 15.2 Å². The average molecular weight is 201 g/mol. The molecule has 84 valence electrons. The first kappa shape index (κ1) is 12.0. The lowest BCUT2D eigenvalue weighted by molar-refractivity contribution is -0.170. The summed E-state index contributed by atoms with van der Waals surface area (Å²) in [5.41, 5.74) is 5.67. The van der Waals surface area contributed by atoms with Gasteiger partial charge in [0.1, 0.15) is 0 Å². The summed E-state index contributed by atoms with van der Waals surface area (Å²) in [5, 5.41) is 0. The molecule has 0 amide bonds. The molecule has 0 saturated carbocycles. The van der Waals surface area contributed by atoms with Crippen LogP contribution in [0.4, 0.5) is 0 Å². The average Bonchev–Trinajstić information content (AvgIpc) is 2.00. The van der Waals surface area contributed by atoms with E-state index in [1.807, 2.05) is 0 Å². The summed E-state index contributed by atoms with van der Waals surface area (Å²) in [6.45, 7) is 8.88. The fourth-order valence-corrected chi connectivity index (χ4v) is 2.43. The molecule has 1 saturated heterocycles. The summed E-state index contributed by atoms with van der Waals surface area (Å²) in [6.07, 6.45) is 2.55. The Morgan fingerprint density at radius 3 is 2.21 bits per heavy atom. The second-order valence-electron chi connectivity index (χ2n) is 4.72. The minimum Gasteiger partial charge on any atom is -0.375 e. The predicted molar refractivity (Wildman–Crippen MR) is 57.2 cm³/mol. The lowest BCUT2D eigenvalue weighted by Crippen LogP contribution is -2.51. The van der Waals surface area contributed by atoms with Gasteiger partial charge in [0.2, 0.25) is 0 Å². The van der Waals surface area contributed by atoms with Crippen LogP contribution in [-0.2, 0) is 9.47 Å². The molecule has 1 fully saturated rings. The molecule has 0 aliphatic carbocycles. The van der Waals surface area contributed by atoms with Crippen LogP contribution < -0.4 is 5.73 Å². The molecule has 0 radical (unpaired) electrons. The molecule has 14 heavy (non-hydrogen) atoms. The summed E-state index contributed by atoms with van der Waals surface area (Å²) >= 11 is 0. The Hall–Kier alpha value is -0.120. The Labute approximate surface area is 86.9 Å². The highest BCUT2D eigenvalue weighted by molar-refractivity contribution is 4.90. The third kappa shape index (κ3) is 2.94. The van der Waals surface area contributed by atoms with Crippen molar-refractivity contribution < 1.29 is 9.47 Å². The molecule has 2 atom stereocenters. The summed E-state index contributed by atoms with van der Waals surface area (Å²) in [7, 11) is 0. The number of hydrogen-bond acceptors (Lipinski definition) is 3. The third-order valence-corrected chi connectivity index (χ3v) is 2.64. The van der Waals surface area contributed by atoms with E-state index in [0.717, 1.165) is 12.8 Å². The quantitative estimate of drug-likeness (QED) is 0.756. The van der Waals surface area contributed by atoms with Crippen LogP contribution >= 0.6 is 0 Å². The van der Waals surface area contributed by atoms with E-state index >= 15 is 0 Å². The molecule has 0 bridgehead atoms. The second kappa shape index (κ2) is 4.60. The van der Waals surface area contributed by atoms with Crippen molar-refractivity contribution in [3.05, 3.63) is 0 Å². The van der Waals surface area contributed by atoms with Crippen LogP contribution in [0.5, 0.6) is 0 Å². The largest absolute Gasteiger partial charge is 0.375 e. The van der Waals surface area contributed by atoms with E-state index in [9.17, 15) is 0 Å². The first-order chi connectivity index (χ1) is 6.47. The van der Waals surface area contributed by atoms with Gasteiger partial charge in [-0.1, -0.05) is 0 Å². The molecule has 0 aromatic heterocycles. The maximum Gasteiger partial charge on any atom is 0.0856 e. The summed E-state index contributed by atoms with van der Waals surface area (Å²) in [5.74, 6) is 0. The number of ether oxygens (including phenoxy) is 2. The summed E-state index contributed by atoms with van der Waals surface area (Å²) in [6, 6.07) is 0. The third-order valence-electron chi connectivity index (χ3n) is 2.64. The van der Waals surface area contributed by atoms with Gasteiger partial charge in [0.05, 0.1) is 23.9 Å². The Morgan fingerprint density at radius 2 is 1.86 bits per heavy atom. The fraction of sp³-hybridized carbons (Fsp3) is 1.00. The van der Waals surface area contributed by atoms with E-state index in [4.69, 9.17) is 15.2 Å². The molecule has 1 aliphatic rings. The summed E-state index contributed by atoms with van der Waals surface area (Å²) in [4.78, 5) is 0. The highest BCUT2D eigenvalue weighted by Crippen LogP contribution is 2.32. The second-order valence-corrected chi connectivity index (χ2v) is 4.72. The monoisotopic (exact) mass is 201 g/mol. The highest BCUT2D eigenvalue weighted by Gasteiger charge is 2.39. The molecule has 0 aromatic rings. The van der Waals surface area contributed by atoms with Gasteiger partial charge in [0.25, 0.3) is 0 Å². The van der Waals surface area contributed by atoms with Gasteiger partial charge in [-0.25, -0.2) is 0 Å². The highest BCUT2D eigenvalue weighted by atomic mass is 16.5. The molecule has 1 heterocycles. The first-order valence-corrected chi connectivity index (χ1v) is 5.51. The van der Waals surface area contributed by atoms with Crippen LogP contribution in [0, 0.1) is 0 Å². The van der Waals surface area contributed by atoms with E-state index in [-0.39, 0.29) is 23.9 Å². The molecule has 1 rings (SSSR count). The van der Waals surface area contributed by atoms with E-state index in [1.165, 1.54) is 0 Å². The lowest BCUT2D eigenvalue weighted by Gasteiger charge is -2.43. The van der Waals surface area contributed by atoms with Crippen molar-refractivity contribution in [3.8, 4) is 0 Å². The van der Waals surface area contributed by atoms with Crippen LogP contribution in [-0.4, -0.2) is 30.5 Å². The van der Waals surface area contributed by atoms with Crippen molar-refractivity contribution in [3.63, 3.8) is 0 Å². The van der Waals surface area contributed by atoms with Crippen molar-refractivity contribution >= 4 is 0 Å². The van der Waals surface area contributed by atoms with Gasteiger partial charge >= 0.3 is 0 Å². The molecule has 2 unspecified atom stereocenters. The van der Waals surface area contributed by atoms with Gasteiger partial charge in [-0.15, -0.1) is 0 Å². The van der Waals surface area contributed by atoms with Crippen molar-refractivity contribution in [1.29, 1.82) is 0 Å². The zero-order valence-electron chi connectivity index (χ0n) is 9.75. The number of hydrogen-bond donors (Lipinski definition) is 1. The zero-order chi connectivity index (χ0) is 10.8. The van der Waals surface area contributed by atoms with E-state index in [0.29, 0.717) is 6.54 Å². The normalized spacial score (nSPS) is 39.0. The van der Waals surface area contributed by atoms with Crippen molar-refractivity contribution in [2.45, 2.75) is 64.4 Å². The molecule has 0 aromatic carbocycles. The van der Waals surface area contributed by atoms with Crippen LogP contribution in [0.3, 0.4) is 0 Å². The molecule has 3 nitrogen and oxygen atoms in total. The molecule has 1 aliphatic heterocycles. The maximum atomic E-state index is 5.96. The summed E-state index contributed by atoms with van der Waals surface area (Å²) < 4.78 is 11.7. The molecule has 2 N–H and O–H groups in total. The lowest BCUT2D eigenvalue weighted by atomic mass is 9.87. The molecular weight excluding hydrogens is 178 g/mol. The van der Waals surface area contributed by atoms with E-state index in [2.05, 4.69) is 27.7 Å². The minimum atomic E-state index is -0.161. The zero-order valence-corrected chi connectivity index (χ0v) is 9.75. The fourth-order valence-electron chi connectivity index (χ4n) is 2.43. The Morgan fingerprint density at radius 1 is 1.36 bits per heavy atom. The standard InChI is InChI=1S/C11H23NO2/c1-8(2)14-11(7-12)5-9(3)13-10(4)6-11/h8-10H,5-7,12H2,1-4H3. The van der Waals surface area contributed by atoms with Gasteiger partial charge in [-0.2, -0.15) is 0 Å². The van der Waals surface area contributed by atoms with Crippen LogP contribution in [0.25, 0.3) is 0 Å². The van der Waals surface area contributed by atoms with Gasteiger partial charge in [0, 0.05) is 19.4 Å². The van der Waals surface area contributed by atoms with Crippen LogP contribution in [0.2, 0.25) is 0 Å². The Kier molecular flexibility index (Phi) is 3.93. The number of nitrogens with two attached hydrogens (primary N) is 1. The SMILES string of the molecule is CC(C)OC1(CN)CC(C)OC(C)C1. The smallest absolute Gasteiger partial charge is 0.0856 e. The topological polar surface area (TPSA) is 44.5 Å². The van der Waals surface area contributed by atoms with Crippen LogP contribution in [0.1, 0.15) is 40.5 Å². The van der Waals surface area contributed by atoms with Gasteiger partial charge in [-0.3, -0.25) is 0 Å². The molecule has 3 heteroatoms. The van der Waals surface area contributed by atoms with Gasteiger partial charge in [0.15, 0.2) is 0 Å².